The van der Waals surface area contributed by atoms with Crippen LogP contribution in [0.1, 0.15) is 12.5 Å². The summed E-state index contributed by atoms with van der Waals surface area (Å²) in [7, 11) is 0. The molecule has 1 N–H and O–H groups in total. The topological polar surface area (TPSA) is 38.3 Å². The minimum absolute atomic E-state index is 0.509. The number of allylic oxidation sites excluding steroid dienone is 1. The first-order valence-corrected chi connectivity index (χ1v) is 4.92. The van der Waals surface area contributed by atoms with E-state index in [0.717, 1.165) is 5.56 Å². The molecule has 0 saturated heterocycles. The van der Waals surface area contributed by atoms with Crippen LogP contribution >= 0.6 is 11.6 Å². The molecule has 1 unspecified atom stereocenters. The van der Waals surface area contributed by atoms with Crippen molar-refractivity contribution in [3.63, 3.8) is 0 Å². The zero-order valence-electron chi connectivity index (χ0n) is 8.16. The van der Waals surface area contributed by atoms with Crippen LogP contribution in [0, 0.1) is 0 Å². The van der Waals surface area contributed by atoms with Gasteiger partial charge in [-0.25, -0.2) is 0 Å². The molecule has 0 saturated carbocycles. The van der Waals surface area contributed by atoms with Crippen molar-refractivity contribution in [1.82, 2.24) is 5.48 Å². The number of carbonyl (C=O) groups excluding carboxylic acids is 1. The monoisotopic (exact) mass is 223 g/mol. The highest BCUT2D eigenvalue weighted by molar-refractivity contribution is 6.65. The van der Waals surface area contributed by atoms with Crippen LogP contribution in [0.25, 0.3) is 0 Å². The smallest absolute Gasteiger partial charge is 0.253 e. The molecule has 0 fully saturated rings. The number of rotatable bonds is 2. The predicted octanol–water partition coefficient (Wildman–Crippen LogP) is 2.09. The fourth-order valence-electron chi connectivity index (χ4n) is 1.58. The molecule has 4 heteroatoms. The quantitative estimate of drug-likeness (QED) is 0.781. The van der Waals surface area contributed by atoms with Gasteiger partial charge in [0, 0.05) is 0 Å². The second kappa shape index (κ2) is 3.68. The molecule has 15 heavy (non-hydrogen) atoms. The van der Waals surface area contributed by atoms with E-state index in [0.29, 0.717) is 5.76 Å². The fraction of sp³-hybridized carbons (Fsp3) is 0.182. The van der Waals surface area contributed by atoms with Crippen LogP contribution in [0.5, 0.6) is 0 Å². The molecule has 1 aliphatic rings. The summed E-state index contributed by atoms with van der Waals surface area (Å²) >= 11 is 5.61. The number of nitrogens with one attached hydrogen (secondary N) is 1. The van der Waals surface area contributed by atoms with E-state index >= 15 is 0 Å². The average Bonchev–Trinajstić information content (AvgIpc) is 2.63. The minimum Gasteiger partial charge on any atom is -0.412 e. The molecular formula is C11H10ClNO2. The molecular weight excluding hydrogens is 214 g/mol. The van der Waals surface area contributed by atoms with E-state index in [-0.39, 0.29) is 0 Å². The maximum absolute atomic E-state index is 11.5. The highest BCUT2D eigenvalue weighted by Gasteiger charge is 2.41. The number of halogens is 1. The Hall–Kier alpha value is -1.32. The third kappa shape index (κ3) is 1.64. The summed E-state index contributed by atoms with van der Waals surface area (Å²) in [5, 5.41) is -0.509. The number of carbonyl (C=O) groups is 1. The van der Waals surface area contributed by atoms with Crippen molar-refractivity contribution >= 4 is 16.8 Å². The summed E-state index contributed by atoms with van der Waals surface area (Å²) in [5.74, 6) is 0.632. The fourth-order valence-corrected chi connectivity index (χ4v) is 1.78. The largest absolute Gasteiger partial charge is 0.412 e. The Balaban J connectivity index is 2.50. The lowest BCUT2D eigenvalue weighted by Crippen LogP contribution is -2.41. The second-order valence-electron chi connectivity index (χ2n) is 3.41. The Morgan fingerprint density at radius 3 is 2.53 bits per heavy atom. The van der Waals surface area contributed by atoms with Gasteiger partial charge in [-0.2, -0.15) is 0 Å². The predicted molar refractivity (Wildman–Crippen MR) is 57.0 cm³/mol. The summed E-state index contributed by atoms with van der Waals surface area (Å²) in [4.78, 5) is 16.6. The maximum atomic E-state index is 11.5. The summed E-state index contributed by atoms with van der Waals surface area (Å²) in [5.41, 5.74) is 2.38. The van der Waals surface area contributed by atoms with E-state index in [1.54, 1.807) is 13.0 Å². The lowest BCUT2D eigenvalue weighted by molar-refractivity contribution is -0.118. The van der Waals surface area contributed by atoms with Gasteiger partial charge in [-0.3, -0.25) is 4.79 Å². The molecule has 0 radical (unpaired) electrons. The van der Waals surface area contributed by atoms with Crippen LogP contribution < -0.4 is 5.48 Å². The number of benzene rings is 1. The zero-order valence-corrected chi connectivity index (χ0v) is 8.91. The normalized spacial score (nSPS) is 24.5. The Morgan fingerprint density at radius 2 is 2.07 bits per heavy atom. The van der Waals surface area contributed by atoms with Gasteiger partial charge in [0.2, 0.25) is 0 Å². The first-order valence-electron chi connectivity index (χ1n) is 4.54. The van der Waals surface area contributed by atoms with E-state index in [2.05, 4.69) is 5.48 Å². The van der Waals surface area contributed by atoms with Crippen molar-refractivity contribution in [1.29, 1.82) is 0 Å². The van der Waals surface area contributed by atoms with Gasteiger partial charge in [-0.1, -0.05) is 30.3 Å². The molecule has 1 aliphatic heterocycles. The maximum Gasteiger partial charge on any atom is 0.253 e. The Labute approximate surface area is 92.6 Å². The van der Waals surface area contributed by atoms with Crippen LogP contribution in [0.2, 0.25) is 0 Å². The molecule has 1 aromatic carbocycles. The first-order chi connectivity index (χ1) is 7.15. The van der Waals surface area contributed by atoms with E-state index in [1.165, 1.54) is 0 Å². The van der Waals surface area contributed by atoms with Gasteiger partial charge in [-0.05, 0) is 30.2 Å². The van der Waals surface area contributed by atoms with Crippen LogP contribution in [0.4, 0.5) is 0 Å². The van der Waals surface area contributed by atoms with Gasteiger partial charge >= 0.3 is 0 Å². The Morgan fingerprint density at radius 1 is 1.40 bits per heavy atom. The van der Waals surface area contributed by atoms with Crippen molar-refractivity contribution in [3.8, 4) is 0 Å². The number of hydrogen-bond acceptors (Lipinski definition) is 3. The SMILES string of the molecule is CC1=CC(C(=O)Cl)(c2ccccc2)NO1. The number of hydroxylamine groups is 1. The highest BCUT2D eigenvalue weighted by atomic mass is 35.5. The third-order valence-corrected chi connectivity index (χ3v) is 2.63. The van der Waals surface area contributed by atoms with Gasteiger partial charge in [0.15, 0.2) is 5.54 Å². The average molecular weight is 224 g/mol. The van der Waals surface area contributed by atoms with Crippen LogP contribution in [0.15, 0.2) is 42.2 Å². The van der Waals surface area contributed by atoms with Crippen molar-refractivity contribution in [2.24, 2.45) is 0 Å². The van der Waals surface area contributed by atoms with E-state index < -0.39 is 10.8 Å². The molecule has 3 nitrogen and oxygen atoms in total. The summed E-state index contributed by atoms with van der Waals surface area (Å²) in [6.45, 7) is 1.76. The molecule has 0 bridgehead atoms. The number of hydrogen-bond donors (Lipinski definition) is 1. The van der Waals surface area contributed by atoms with Gasteiger partial charge in [0.1, 0.15) is 5.76 Å². The summed E-state index contributed by atoms with van der Waals surface area (Å²) in [6.07, 6.45) is 1.68. The van der Waals surface area contributed by atoms with Crippen molar-refractivity contribution in [2.45, 2.75) is 12.5 Å². The van der Waals surface area contributed by atoms with Crippen LogP contribution in [0.3, 0.4) is 0 Å². The van der Waals surface area contributed by atoms with Gasteiger partial charge in [0.25, 0.3) is 5.24 Å². The van der Waals surface area contributed by atoms with Gasteiger partial charge in [0.05, 0.1) is 0 Å². The van der Waals surface area contributed by atoms with E-state index in [4.69, 9.17) is 16.4 Å². The molecule has 1 heterocycles. The standard InChI is InChI=1S/C11H10ClNO2/c1-8-7-11(10(12)14,13-15-8)9-5-3-2-4-6-9/h2-7,13H,1H3. The molecule has 1 atom stereocenters. The molecule has 0 amide bonds. The lowest BCUT2D eigenvalue weighted by Gasteiger charge is -2.21. The zero-order chi connectivity index (χ0) is 10.9. The van der Waals surface area contributed by atoms with Crippen molar-refractivity contribution in [2.75, 3.05) is 0 Å². The molecule has 0 aliphatic carbocycles. The molecule has 1 aromatic rings. The van der Waals surface area contributed by atoms with Crippen LogP contribution in [-0.2, 0) is 15.2 Å². The molecule has 78 valence electrons. The minimum atomic E-state index is -1.05. The van der Waals surface area contributed by atoms with Gasteiger partial charge in [-0.15, -0.1) is 5.48 Å². The summed E-state index contributed by atoms with van der Waals surface area (Å²) in [6, 6.07) is 9.22. The summed E-state index contributed by atoms with van der Waals surface area (Å²) < 4.78 is 0. The van der Waals surface area contributed by atoms with Crippen molar-refractivity contribution < 1.29 is 9.63 Å². The second-order valence-corrected chi connectivity index (χ2v) is 3.75. The van der Waals surface area contributed by atoms with E-state index in [9.17, 15) is 4.79 Å². The van der Waals surface area contributed by atoms with Gasteiger partial charge < -0.3 is 4.84 Å². The molecule has 0 spiro atoms. The molecule has 2 rings (SSSR count). The lowest BCUT2D eigenvalue weighted by atomic mass is 9.92. The highest BCUT2D eigenvalue weighted by Crippen LogP contribution is 2.31. The molecule has 0 aromatic heterocycles. The van der Waals surface area contributed by atoms with Crippen LogP contribution in [-0.4, -0.2) is 5.24 Å². The van der Waals surface area contributed by atoms with E-state index in [1.807, 2.05) is 30.3 Å². The Bertz CT molecular complexity index is 416. The Kier molecular flexibility index (Phi) is 2.50. The third-order valence-electron chi connectivity index (χ3n) is 2.33. The van der Waals surface area contributed by atoms with Crippen molar-refractivity contribution in [3.05, 3.63) is 47.7 Å². The first kappa shape index (κ1) is 10.2.